The number of hydrogen-bond donors (Lipinski definition) is 0. The summed E-state index contributed by atoms with van der Waals surface area (Å²) in [5.41, 5.74) is 0.888. The van der Waals surface area contributed by atoms with Gasteiger partial charge in [0.15, 0.2) is 0 Å². The number of piperidine rings is 1. The lowest BCUT2D eigenvalue weighted by molar-refractivity contribution is -0.126. The van der Waals surface area contributed by atoms with Crippen LogP contribution in [0.4, 0.5) is 0 Å². The molecular weight excluding hydrogens is 234 g/mol. The number of rotatable bonds is 2. The fourth-order valence-electron chi connectivity index (χ4n) is 1.99. The molecular formula is C14H16ClNO. The maximum atomic E-state index is 11.9. The van der Waals surface area contributed by atoms with Gasteiger partial charge in [0.05, 0.1) is 0 Å². The number of hydrogen-bond acceptors (Lipinski definition) is 1. The first-order valence-corrected chi connectivity index (χ1v) is 6.37. The lowest BCUT2D eigenvalue weighted by atomic mass is 10.1. The molecule has 0 atom stereocenters. The fourth-order valence-corrected chi connectivity index (χ4v) is 2.19. The zero-order chi connectivity index (χ0) is 12.1. The number of amides is 1. The van der Waals surface area contributed by atoms with E-state index in [1.54, 1.807) is 12.2 Å². The summed E-state index contributed by atoms with van der Waals surface area (Å²) in [7, 11) is 0. The third-order valence-corrected chi connectivity index (χ3v) is 3.32. The van der Waals surface area contributed by atoms with Gasteiger partial charge in [-0.3, -0.25) is 4.79 Å². The summed E-state index contributed by atoms with van der Waals surface area (Å²) < 4.78 is 0. The molecule has 0 saturated carbocycles. The molecule has 0 aliphatic carbocycles. The zero-order valence-corrected chi connectivity index (χ0v) is 10.5. The van der Waals surface area contributed by atoms with Crippen LogP contribution in [0.5, 0.6) is 0 Å². The van der Waals surface area contributed by atoms with E-state index in [1.165, 1.54) is 6.42 Å². The van der Waals surface area contributed by atoms with Crippen molar-refractivity contribution >= 4 is 23.6 Å². The molecule has 0 unspecified atom stereocenters. The second kappa shape index (κ2) is 5.87. The lowest BCUT2D eigenvalue weighted by Gasteiger charge is -2.25. The van der Waals surface area contributed by atoms with Gasteiger partial charge in [-0.15, -0.1) is 0 Å². The molecule has 17 heavy (non-hydrogen) atoms. The zero-order valence-electron chi connectivity index (χ0n) is 9.73. The van der Waals surface area contributed by atoms with Gasteiger partial charge in [-0.2, -0.15) is 0 Å². The van der Waals surface area contributed by atoms with Gasteiger partial charge in [0.1, 0.15) is 0 Å². The Morgan fingerprint density at radius 1 is 1.18 bits per heavy atom. The highest BCUT2D eigenvalue weighted by molar-refractivity contribution is 6.32. The number of benzene rings is 1. The Morgan fingerprint density at radius 3 is 2.59 bits per heavy atom. The highest BCUT2D eigenvalue weighted by Gasteiger charge is 2.13. The largest absolute Gasteiger partial charge is 0.339 e. The van der Waals surface area contributed by atoms with Gasteiger partial charge in [-0.25, -0.2) is 0 Å². The molecule has 1 heterocycles. The van der Waals surface area contributed by atoms with Crippen LogP contribution >= 0.6 is 11.6 Å². The molecule has 0 radical (unpaired) electrons. The first kappa shape index (κ1) is 12.2. The first-order valence-electron chi connectivity index (χ1n) is 5.99. The summed E-state index contributed by atoms with van der Waals surface area (Å²) in [5.74, 6) is 0.0876. The number of carbonyl (C=O) groups is 1. The van der Waals surface area contributed by atoms with Crippen LogP contribution in [0, 0.1) is 0 Å². The summed E-state index contributed by atoms with van der Waals surface area (Å²) in [6.45, 7) is 1.76. The van der Waals surface area contributed by atoms with Crippen LogP contribution in [0.3, 0.4) is 0 Å². The molecule has 3 heteroatoms. The van der Waals surface area contributed by atoms with Crippen molar-refractivity contribution in [3.8, 4) is 0 Å². The monoisotopic (exact) mass is 249 g/mol. The van der Waals surface area contributed by atoms with Gasteiger partial charge in [-0.1, -0.05) is 29.8 Å². The highest BCUT2D eigenvalue weighted by Crippen LogP contribution is 2.16. The number of halogens is 1. The van der Waals surface area contributed by atoms with Crippen molar-refractivity contribution in [1.82, 2.24) is 4.90 Å². The Labute approximate surface area is 107 Å². The van der Waals surface area contributed by atoms with Crippen LogP contribution in [-0.2, 0) is 4.79 Å². The molecule has 1 aromatic carbocycles. The number of likely N-dealkylation sites (tertiary alicyclic amines) is 1. The van der Waals surface area contributed by atoms with E-state index in [4.69, 9.17) is 11.6 Å². The van der Waals surface area contributed by atoms with E-state index in [-0.39, 0.29) is 5.91 Å². The van der Waals surface area contributed by atoms with Crippen LogP contribution < -0.4 is 0 Å². The molecule has 1 aromatic rings. The SMILES string of the molecule is O=C(/C=C/c1ccccc1Cl)N1CCCCC1. The van der Waals surface area contributed by atoms with E-state index < -0.39 is 0 Å². The summed E-state index contributed by atoms with van der Waals surface area (Å²) in [4.78, 5) is 13.8. The van der Waals surface area contributed by atoms with Gasteiger partial charge in [0.2, 0.25) is 5.91 Å². The number of nitrogens with zero attached hydrogens (tertiary/aromatic N) is 1. The Balaban J connectivity index is 2.00. The molecule has 2 nitrogen and oxygen atoms in total. The predicted octanol–water partition coefficient (Wildman–Crippen LogP) is 3.37. The average Bonchev–Trinajstić information content (AvgIpc) is 2.38. The predicted molar refractivity (Wildman–Crippen MR) is 70.9 cm³/mol. The van der Waals surface area contributed by atoms with E-state index in [1.807, 2.05) is 29.2 Å². The van der Waals surface area contributed by atoms with Gasteiger partial charge >= 0.3 is 0 Å². The van der Waals surface area contributed by atoms with E-state index in [9.17, 15) is 4.79 Å². The Bertz CT molecular complexity index is 422. The van der Waals surface area contributed by atoms with Crippen LogP contribution in [0.25, 0.3) is 6.08 Å². The van der Waals surface area contributed by atoms with Crippen LogP contribution in [-0.4, -0.2) is 23.9 Å². The molecule has 1 aliphatic heterocycles. The molecule has 1 fully saturated rings. The van der Waals surface area contributed by atoms with Crippen molar-refractivity contribution in [2.45, 2.75) is 19.3 Å². The molecule has 0 spiro atoms. The topological polar surface area (TPSA) is 20.3 Å². The van der Waals surface area contributed by atoms with Gasteiger partial charge < -0.3 is 4.90 Å². The molecule has 0 bridgehead atoms. The molecule has 90 valence electrons. The van der Waals surface area contributed by atoms with Crippen molar-refractivity contribution < 1.29 is 4.79 Å². The van der Waals surface area contributed by atoms with Crippen LogP contribution in [0.2, 0.25) is 5.02 Å². The standard InChI is InChI=1S/C14H16ClNO/c15-13-7-3-2-6-12(13)8-9-14(17)16-10-4-1-5-11-16/h2-3,6-9H,1,4-5,10-11H2/b9-8+. The van der Waals surface area contributed by atoms with E-state index in [0.29, 0.717) is 5.02 Å². The van der Waals surface area contributed by atoms with Gasteiger partial charge in [0, 0.05) is 24.2 Å². The Morgan fingerprint density at radius 2 is 1.88 bits per heavy atom. The summed E-state index contributed by atoms with van der Waals surface area (Å²) in [6, 6.07) is 7.53. The lowest BCUT2D eigenvalue weighted by Crippen LogP contribution is -2.34. The van der Waals surface area contributed by atoms with E-state index in [0.717, 1.165) is 31.5 Å². The normalized spacial score (nSPS) is 16.4. The Kier molecular flexibility index (Phi) is 4.21. The van der Waals surface area contributed by atoms with E-state index >= 15 is 0 Å². The molecule has 1 amide bonds. The van der Waals surface area contributed by atoms with Crippen molar-refractivity contribution in [3.63, 3.8) is 0 Å². The summed E-state index contributed by atoms with van der Waals surface area (Å²) in [6.07, 6.45) is 6.88. The highest BCUT2D eigenvalue weighted by atomic mass is 35.5. The second-order valence-corrected chi connectivity index (χ2v) is 4.65. The minimum atomic E-state index is 0.0876. The van der Waals surface area contributed by atoms with Crippen LogP contribution in [0.15, 0.2) is 30.3 Å². The maximum absolute atomic E-state index is 11.9. The summed E-state index contributed by atoms with van der Waals surface area (Å²) in [5, 5.41) is 0.676. The molecule has 0 N–H and O–H groups in total. The van der Waals surface area contributed by atoms with Gasteiger partial charge in [-0.05, 0) is 37.0 Å². The van der Waals surface area contributed by atoms with Crippen molar-refractivity contribution in [2.24, 2.45) is 0 Å². The minimum Gasteiger partial charge on any atom is -0.339 e. The molecule has 0 aromatic heterocycles. The third-order valence-electron chi connectivity index (χ3n) is 2.98. The second-order valence-electron chi connectivity index (χ2n) is 4.24. The van der Waals surface area contributed by atoms with Crippen molar-refractivity contribution in [1.29, 1.82) is 0 Å². The summed E-state index contributed by atoms with van der Waals surface area (Å²) >= 11 is 6.02. The van der Waals surface area contributed by atoms with Crippen LogP contribution in [0.1, 0.15) is 24.8 Å². The minimum absolute atomic E-state index is 0.0876. The van der Waals surface area contributed by atoms with Crippen molar-refractivity contribution in [3.05, 3.63) is 40.9 Å². The third kappa shape index (κ3) is 3.34. The maximum Gasteiger partial charge on any atom is 0.246 e. The number of carbonyl (C=O) groups excluding carboxylic acids is 1. The fraction of sp³-hybridized carbons (Fsp3) is 0.357. The molecule has 1 saturated heterocycles. The quantitative estimate of drug-likeness (QED) is 0.736. The average molecular weight is 250 g/mol. The Hall–Kier alpha value is -1.28. The van der Waals surface area contributed by atoms with Crippen molar-refractivity contribution in [2.75, 3.05) is 13.1 Å². The molecule has 2 rings (SSSR count). The van der Waals surface area contributed by atoms with E-state index in [2.05, 4.69) is 0 Å². The van der Waals surface area contributed by atoms with Gasteiger partial charge in [0.25, 0.3) is 0 Å². The molecule has 1 aliphatic rings. The smallest absolute Gasteiger partial charge is 0.246 e. The first-order chi connectivity index (χ1) is 8.27.